The summed E-state index contributed by atoms with van der Waals surface area (Å²) in [5, 5.41) is 3.16. The van der Waals surface area contributed by atoms with Crippen LogP contribution in [0.25, 0.3) is 0 Å². The van der Waals surface area contributed by atoms with Crippen LogP contribution < -0.4 is 10.2 Å². The van der Waals surface area contributed by atoms with Gasteiger partial charge in [0.1, 0.15) is 6.54 Å². The Bertz CT molecular complexity index is 1110. The van der Waals surface area contributed by atoms with Gasteiger partial charge in [-0.1, -0.05) is 42.8 Å². The van der Waals surface area contributed by atoms with Crippen molar-refractivity contribution in [2.24, 2.45) is 17.8 Å². The minimum Gasteiger partial charge on any atom is -0.349 e. The topological polar surface area (TPSA) is 70.9 Å². The first-order valence-corrected chi connectivity index (χ1v) is 14.1. The zero-order valence-electron chi connectivity index (χ0n) is 19.9. The van der Waals surface area contributed by atoms with Crippen molar-refractivity contribution in [3.63, 3.8) is 0 Å². The molecule has 3 aliphatic rings. The molecule has 2 N–H and O–H groups in total. The standard InChI is InChI=1S/C27H35N3O3S/c1-20(26-17-22-10-11-23(26)16-22)28-27(31)24-8-5-9-25(18-24)34(32,33)30-14-12-29(13-15-30)19-21-6-3-2-4-7-21/h2-9,18,20,22-23,26H,10-17,19H2,1H3,(H,28,31)/p+1/t20-,22-,23+,26-/m1/s1. The van der Waals surface area contributed by atoms with Crippen LogP contribution in [0.5, 0.6) is 0 Å². The van der Waals surface area contributed by atoms with Gasteiger partial charge in [-0.15, -0.1) is 0 Å². The molecule has 0 radical (unpaired) electrons. The molecule has 34 heavy (non-hydrogen) atoms. The van der Waals surface area contributed by atoms with E-state index in [-0.39, 0.29) is 16.8 Å². The van der Waals surface area contributed by atoms with E-state index < -0.39 is 10.0 Å². The summed E-state index contributed by atoms with van der Waals surface area (Å²) in [5.74, 6) is 1.93. The second kappa shape index (κ2) is 9.80. The molecule has 2 bridgehead atoms. The van der Waals surface area contributed by atoms with Crippen molar-refractivity contribution in [2.75, 3.05) is 26.2 Å². The maximum Gasteiger partial charge on any atom is 0.251 e. The fourth-order valence-electron chi connectivity index (χ4n) is 6.35. The third kappa shape index (κ3) is 4.92. The lowest BCUT2D eigenvalue weighted by Gasteiger charge is -2.31. The molecule has 2 aromatic carbocycles. The quantitative estimate of drug-likeness (QED) is 0.636. The van der Waals surface area contributed by atoms with Crippen LogP contribution in [0.4, 0.5) is 0 Å². The average Bonchev–Trinajstić information content (AvgIpc) is 3.49. The molecule has 0 aromatic heterocycles. The normalized spacial score (nSPS) is 26.4. The van der Waals surface area contributed by atoms with E-state index >= 15 is 0 Å². The van der Waals surface area contributed by atoms with Crippen LogP contribution in [0.2, 0.25) is 0 Å². The minimum absolute atomic E-state index is 0.115. The van der Waals surface area contributed by atoms with Gasteiger partial charge >= 0.3 is 0 Å². The van der Waals surface area contributed by atoms with E-state index in [9.17, 15) is 13.2 Å². The highest BCUT2D eigenvalue weighted by Gasteiger charge is 2.42. The van der Waals surface area contributed by atoms with Crippen LogP contribution in [-0.2, 0) is 16.6 Å². The zero-order valence-corrected chi connectivity index (χ0v) is 20.8. The third-order valence-corrected chi connectivity index (χ3v) is 10.1. The van der Waals surface area contributed by atoms with Crippen molar-refractivity contribution >= 4 is 15.9 Å². The highest BCUT2D eigenvalue weighted by Crippen LogP contribution is 2.49. The molecule has 0 unspecified atom stereocenters. The summed E-state index contributed by atoms with van der Waals surface area (Å²) in [6.07, 6.45) is 5.13. The number of fused-ring (bicyclic) bond motifs is 2. The van der Waals surface area contributed by atoms with Crippen molar-refractivity contribution in [3.8, 4) is 0 Å². The van der Waals surface area contributed by atoms with Crippen molar-refractivity contribution in [1.82, 2.24) is 9.62 Å². The van der Waals surface area contributed by atoms with Gasteiger partial charge in [-0.25, -0.2) is 8.42 Å². The van der Waals surface area contributed by atoms with E-state index in [1.54, 1.807) is 28.6 Å². The molecule has 1 aliphatic heterocycles. The molecule has 1 heterocycles. The molecule has 4 atom stereocenters. The first-order valence-electron chi connectivity index (χ1n) is 12.7. The van der Waals surface area contributed by atoms with Crippen LogP contribution in [-0.4, -0.2) is 50.9 Å². The maximum absolute atomic E-state index is 13.3. The molecule has 5 rings (SSSR count). The summed E-state index contributed by atoms with van der Waals surface area (Å²) in [4.78, 5) is 14.6. The van der Waals surface area contributed by atoms with E-state index in [0.717, 1.165) is 31.5 Å². The molecular weight excluding hydrogens is 446 g/mol. The van der Waals surface area contributed by atoms with Gasteiger partial charge in [0.25, 0.3) is 5.91 Å². The van der Waals surface area contributed by atoms with Crippen LogP contribution in [0.15, 0.2) is 59.5 Å². The highest BCUT2D eigenvalue weighted by molar-refractivity contribution is 7.89. The highest BCUT2D eigenvalue weighted by atomic mass is 32.2. The van der Waals surface area contributed by atoms with Crippen LogP contribution >= 0.6 is 0 Å². The molecule has 2 saturated carbocycles. The summed E-state index contributed by atoms with van der Waals surface area (Å²) in [7, 11) is -3.63. The van der Waals surface area contributed by atoms with Gasteiger partial charge in [0.05, 0.1) is 31.1 Å². The average molecular weight is 483 g/mol. The van der Waals surface area contributed by atoms with Gasteiger partial charge in [0, 0.05) is 17.2 Å². The number of carbonyl (C=O) groups excluding carboxylic acids is 1. The molecule has 0 spiro atoms. The molecule has 2 aliphatic carbocycles. The fraction of sp³-hybridized carbons (Fsp3) is 0.519. The Morgan fingerprint density at radius 2 is 1.82 bits per heavy atom. The lowest BCUT2D eigenvalue weighted by molar-refractivity contribution is -0.917. The van der Waals surface area contributed by atoms with Crippen molar-refractivity contribution in [2.45, 2.75) is 50.1 Å². The molecule has 3 fully saturated rings. The number of piperazine rings is 1. The van der Waals surface area contributed by atoms with E-state index in [2.05, 4.69) is 24.4 Å². The Hall–Kier alpha value is -2.22. The van der Waals surface area contributed by atoms with Crippen molar-refractivity contribution < 1.29 is 18.1 Å². The van der Waals surface area contributed by atoms with Crippen LogP contribution in [0, 0.1) is 17.8 Å². The number of hydrogen-bond acceptors (Lipinski definition) is 3. The number of quaternary nitrogens is 1. The summed E-state index contributed by atoms with van der Waals surface area (Å²) in [5.41, 5.74) is 1.69. The Morgan fingerprint density at radius 3 is 2.50 bits per heavy atom. The number of sulfonamides is 1. The van der Waals surface area contributed by atoms with Crippen molar-refractivity contribution in [3.05, 3.63) is 65.7 Å². The second-order valence-electron chi connectivity index (χ2n) is 10.4. The molecule has 6 nitrogen and oxygen atoms in total. The van der Waals surface area contributed by atoms with E-state index in [1.165, 1.54) is 36.1 Å². The first-order chi connectivity index (χ1) is 16.4. The molecule has 1 saturated heterocycles. The predicted molar refractivity (Wildman–Crippen MR) is 132 cm³/mol. The number of benzene rings is 2. The summed E-state index contributed by atoms with van der Waals surface area (Å²) < 4.78 is 28.2. The molecule has 1 amide bonds. The number of hydrogen-bond donors (Lipinski definition) is 2. The largest absolute Gasteiger partial charge is 0.349 e. The lowest BCUT2D eigenvalue weighted by Crippen LogP contribution is -3.13. The molecule has 2 aromatic rings. The van der Waals surface area contributed by atoms with Gasteiger partial charge in [-0.2, -0.15) is 4.31 Å². The van der Waals surface area contributed by atoms with Gasteiger partial charge in [-0.3, -0.25) is 4.79 Å². The number of amides is 1. The summed E-state index contributed by atoms with van der Waals surface area (Å²) in [6.45, 7) is 5.53. The Labute approximate surface area is 203 Å². The van der Waals surface area contributed by atoms with Crippen molar-refractivity contribution in [1.29, 1.82) is 0 Å². The Morgan fingerprint density at radius 1 is 1.06 bits per heavy atom. The second-order valence-corrected chi connectivity index (χ2v) is 12.4. The molecular formula is C27H36N3O3S+. The first kappa shape index (κ1) is 23.5. The number of nitrogens with zero attached hydrogens (tertiary/aromatic N) is 1. The molecule has 7 heteroatoms. The number of carbonyl (C=O) groups is 1. The minimum atomic E-state index is -3.63. The fourth-order valence-corrected chi connectivity index (χ4v) is 7.84. The van der Waals surface area contributed by atoms with Gasteiger partial charge in [0.2, 0.25) is 10.0 Å². The predicted octanol–water partition coefficient (Wildman–Crippen LogP) is 2.33. The van der Waals surface area contributed by atoms with E-state index in [0.29, 0.717) is 24.6 Å². The van der Waals surface area contributed by atoms with Gasteiger partial charge < -0.3 is 10.2 Å². The summed E-state index contributed by atoms with van der Waals surface area (Å²) in [6, 6.07) is 17.0. The summed E-state index contributed by atoms with van der Waals surface area (Å²) >= 11 is 0. The zero-order chi connectivity index (χ0) is 23.7. The number of rotatable bonds is 7. The SMILES string of the molecule is C[C@@H](NC(=O)c1cccc(S(=O)(=O)N2CC[NH+](Cc3ccccc3)CC2)c1)[C@H]1C[C@@H]2CC[C@H]1C2. The van der Waals surface area contributed by atoms with Crippen LogP contribution in [0.3, 0.4) is 0 Å². The molecule has 182 valence electrons. The Balaban J connectivity index is 1.20. The lowest BCUT2D eigenvalue weighted by atomic mass is 9.84. The van der Waals surface area contributed by atoms with E-state index in [1.807, 2.05) is 18.2 Å². The number of nitrogens with one attached hydrogen (secondary N) is 2. The Kier molecular flexibility index (Phi) is 6.78. The third-order valence-electron chi connectivity index (χ3n) is 8.25. The smallest absolute Gasteiger partial charge is 0.251 e. The van der Waals surface area contributed by atoms with Gasteiger partial charge in [0.15, 0.2) is 0 Å². The van der Waals surface area contributed by atoms with Gasteiger partial charge in [-0.05, 0) is 62.1 Å². The van der Waals surface area contributed by atoms with Crippen LogP contribution in [0.1, 0.15) is 48.5 Å². The maximum atomic E-state index is 13.3. The van der Waals surface area contributed by atoms with E-state index in [4.69, 9.17) is 0 Å². The monoisotopic (exact) mass is 482 g/mol.